The summed E-state index contributed by atoms with van der Waals surface area (Å²) in [6.07, 6.45) is 0. The molecular formula is C10H10BrNO2. The molecule has 0 atom stereocenters. The number of amides is 1. The van der Waals surface area contributed by atoms with Crippen molar-refractivity contribution in [3.8, 4) is 5.75 Å². The monoisotopic (exact) mass is 255 g/mol. The minimum Gasteiger partial charge on any atom is -0.473 e. The Hall–Kier alpha value is -1.03. The number of alkyl halides is 1. The van der Waals surface area contributed by atoms with Crippen LogP contribution in [0.2, 0.25) is 0 Å². The Morgan fingerprint density at radius 3 is 3.07 bits per heavy atom. The maximum Gasteiger partial charge on any atom is 0.236 e. The zero-order chi connectivity index (χ0) is 9.97. The van der Waals surface area contributed by atoms with E-state index in [4.69, 9.17) is 4.74 Å². The highest BCUT2D eigenvalue weighted by Crippen LogP contribution is 2.24. The van der Waals surface area contributed by atoms with Crippen LogP contribution in [0.15, 0.2) is 24.3 Å². The first-order valence-electron chi connectivity index (χ1n) is 4.35. The molecule has 1 aliphatic heterocycles. The fourth-order valence-corrected chi connectivity index (χ4v) is 1.77. The molecule has 4 heteroatoms. The molecule has 74 valence electrons. The number of nitrogens with zero attached hydrogens (tertiary/aromatic N) is 1. The minimum atomic E-state index is 0.0551. The van der Waals surface area contributed by atoms with Crippen molar-refractivity contribution in [2.75, 3.05) is 12.1 Å². The van der Waals surface area contributed by atoms with Crippen molar-refractivity contribution in [1.29, 1.82) is 0 Å². The van der Waals surface area contributed by atoms with Gasteiger partial charge in [-0.3, -0.25) is 4.79 Å². The van der Waals surface area contributed by atoms with Gasteiger partial charge in [-0.15, -0.1) is 0 Å². The normalized spacial score (nSPS) is 14.5. The molecule has 0 saturated heterocycles. The number of hydrogen-bond acceptors (Lipinski definition) is 2. The molecule has 0 spiro atoms. The van der Waals surface area contributed by atoms with E-state index in [9.17, 15) is 4.79 Å². The van der Waals surface area contributed by atoms with Crippen LogP contribution in [0.25, 0.3) is 0 Å². The summed E-state index contributed by atoms with van der Waals surface area (Å²) < 4.78 is 5.44. The fraction of sp³-hybridized carbons (Fsp3) is 0.300. The predicted molar refractivity (Wildman–Crippen MR) is 56.3 cm³/mol. The van der Waals surface area contributed by atoms with Crippen molar-refractivity contribution in [2.24, 2.45) is 0 Å². The van der Waals surface area contributed by atoms with E-state index in [1.165, 1.54) is 0 Å². The fourth-order valence-electron chi connectivity index (χ4n) is 1.42. The van der Waals surface area contributed by atoms with Crippen molar-refractivity contribution in [2.45, 2.75) is 6.54 Å². The van der Waals surface area contributed by atoms with Crippen LogP contribution < -0.4 is 4.74 Å². The van der Waals surface area contributed by atoms with Gasteiger partial charge in [0.15, 0.2) is 6.73 Å². The number of para-hydroxylation sites is 1. The second kappa shape index (κ2) is 4.00. The van der Waals surface area contributed by atoms with Crippen LogP contribution >= 0.6 is 15.9 Å². The number of benzene rings is 1. The highest BCUT2D eigenvalue weighted by Gasteiger charge is 2.19. The van der Waals surface area contributed by atoms with Gasteiger partial charge in [-0.25, -0.2) is 0 Å². The third-order valence-electron chi connectivity index (χ3n) is 2.18. The van der Waals surface area contributed by atoms with E-state index in [-0.39, 0.29) is 5.91 Å². The molecule has 0 N–H and O–H groups in total. The Bertz CT molecular complexity index is 354. The average Bonchev–Trinajstić information content (AvgIpc) is 2.27. The molecule has 0 saturated carbocycles. The number of carbonyl (C=O) groups is 1. The van der Waals surface area contributed by atoms with Crippen LogP contribution in [0.5, 0.6) is 5.75 Å². The lowest BCUT2D eigenvalue weighted by atomic mass is 10.2. The number of rotatable bonds is 1. The molecule has 0 fully saturated rings. The Morgan fingerprint density at radius 1 is 1.50 bits per heavy atom. The van der Waals surface area contributed by atoms with Gasteiger partial charge in [-0.2, -0.15) is 0 Å². The van der Waals surface area contributed by atoms with Gasteiger partial charge in [0, 0.05) is 5.56 Å². The van der Waals surface area contributed by atoms with Gasteiger partial charge in [0.2, 0.25) is 5.91 Å². The van der Waals surface area contributed by atoms with E-state index in [0.717, 1.165) is 11.3 Å². The standard InChI is InChI=1S/C10H10BrNO2/c11-5-10(13)12-6-8-3-1-2-4-9(8)14-7-12/h1-4H,5-7H2. The Labute approximate surface area is 90.8 Å². The summed E-state index contributed by atoms with van der Waals surface area (Å²) in [7, 11) is 0. The van der Waals surface area contributed by atoms with Crippen LogP contribution in [0.3, 0.4) is 0 Å². The topological polar surface area (TPSA) is 29.5 Å². The molecule has 0 aliphatic carbocycles. The molecule has 0 unspecified atom stereocenters. The van der Waals surface area contributed by atoms with Crippen LogP contribution in [-0.2, 0) is 11.3 Å². The molecule has 0 aromatic heterocycles. The van der Waals surface area contributed by atoms with Gasteiger partial charge >= 0.3 is 0 Å². The molecule has 3 nitrogen and oxygen atoms in total. The summed E-state index contributed by atoms with van der Waals surface area (Å²) in [5, 5.41) is 0.346. The number of ether oxygens (including phenoxy) is 1. The minimum absolute atomic E-state index is 0.0551. The van der Waals surface area contributed by atoms with Crippen molar-refractivity contribution in [3.63, 3.8) is 0 Å². The lowest BCUT2D eigenvalue weighted by Crippen LogP contribution is -2.37. The van der Waals surface area contributed by atoms with Gasteiger partial charge in [0.05, 0.1) is 11.9 Å². The quantitative estimate of drug-likeness (QED) is 0.716. The Kier molecular flexibility index (Phi) is 2.72. The SMILES string of the molecule is O=C(CBr)N1COc2ccccc2C1. The second-order valence-electron chi connectivity index (χ2n) is 3.11. The summed E-state index contributed by atoms with van der Waals surface area (Å²) in [5.74, 6) is 0.936. The molecular weight excluding hydrogens is 246 g/mol. The molecule has 1 aromatic rings. The van der Waals surface area contributed by atoms with Crippen molar-refractivity contribution in [3.05, 3.63) is 29.8 Å². The largest absolute Gasteiger partial charge is 0.473 e. The van der Waals surface area contributed by atoms with E-state index < -0.39 is 0 Å². The summed E-state index contributed by atoms with van der Waals surface area (Å²) in [6, 6.07) is 7.78. The van der Waals surface area contributed by atoms with Gasteiger partial charge in [0.25, 0.3) is 0 Å². The van der Waals surface area contributed by atoms with Gasteiger partial charge in [0.1, 0.15) is 5.75 Å². The summed E-state index contributed by atoms with van der Waals surface area (Å²) in [4.78, 5) is 13.1. The van der Waals surface area contributed by atoms with E-state index in [1.54, 1.807) is 4.90 Å². The summed E-state index contributed by atoms with van der Waals surface area (Å²) in [5.41, 5.74) is 1.06. The molecule has 14 heavy (non-hydrogen) atoms. The van der Waals surface area contributed by atoms with Gasteiger partial charge in [-0.05, 0) is 6.07 Å². The maximum atomic E-state index is 11.4. The summed E-state index contributed by atoms with van der Waals surface area (Å²) in [6.45, 7) is 0.988. The second-order valence-corrected chi connectivity index (χ2v) is 3.67. The molecule has 1 heterocycles. The van der Waals surface area contributed by atoms with Gasteiger partial charge < -0.3 is 9.64 Å². The number of halogens is 1. The number of hydrogen-bond donors (Lipinski definition) is 0. The first kappa shape index (κ1) is 9.52. The first-order valence-corrected chi connectivity index (χ1v) is 5.48. The van der Waals surface area contributed by atoms with Crippen molar-refractivity contribution < 1.29 is 9.53 Å². The van der Waals surface area contributed by atoms with E-state index in [1.807, 2.05) is 24.3 Å². The zero-order valence-corrected chi connectivity index (χ0v) is 9.16. The molecule has 1 aliphatic rings. The van der Waals surface area contributed by atoms with Gasteiger partial charge in [-0.1, -0.05) is 34.1 Å². The maximum absolute atomic E-state index is 11.4. The highest BCUT2D eigenvalue weighted by molar-refractivity contribution is 9.09. The van der Waals surface area contributed by atoms with Crippen molar-refractivity contribution >= 4 is 21.8 Å². The molecule has 0 radical (unpaired) electrons. The first-order chi connectivity index (χ1) is 6.81. The van der Waals surface area contributed by atoms with E-state index in [2.05, 4.69) is 15.9 Å². The van der Waals surface area contributed by atoms with Crippen LogP contribution in [-0.4, -0.2) is 22.9 Å². The average molecular weight is 256 g/mol. The molecule has 0 bridgehead atoms. The number of fused-ring (bicyclic) bond motifs is 1. The van der Waals surface area contributed by atoms with Crippen LogP contribution in [0.4, 0.5) is 0 Å². The summed E-state index contributed by atoms with van der Waals surface area (Å²) >= 11 is 3.14. The molecule has 1 aromatic carbocycles. The Balaban J connectivity index is 2.17. The third kappa shape index (κ3) is 1.75. The highest BCUT2D eigenvalue weighted by atomic mass is 79.9. The Morgan fingerprint density at radius 2 is 2.29 bits per heavy atom. The van der Waals surface area contributed by atoms with Crippen LogP contribution in [0, 0.1) is 0 Å². The third-order valence-corrected chi connectivity index (χ3v) is 2.66. The lowest BCUT2D eigenvalue weighted by molar-refractivity contribution is -0.132. The lowest BCUT2D eigenvalue weighted by Gasteiger charge is -2.28. The smallest absolute Gasteiger partial charge is 0.236 e. The number of carbonyl (C=O) groups excluding carboxylic acids is 1. The molecule has 1 amide bonds. The van der Waals surface area contributed by atoms with E-state index >= 15 is 0 Å². The van der Waals surface area contributed by atoms with E-state index in [0.29, 0.717) is 18.6 Å². The predicted octanol–water partition coefficient (Wildman–Crippen LogP) is 1.76. The zero-order valence-electron chi connectivity index (χ0n) is 7.57. The molecule has 2 rings (SSSR count). The van der Waals surface area contributed by atoms with Crippen molar-refractivity contribution in [1.82, 2.24) is 4.90 Å². The van der Waals surface area contributed by atoms with Crippen LogP contribution in [0.1, 0.15) is 5.56 Å².